The van der Waals surface area contributed by atoms with Gasteiger partial charge in [0.25, 0.3) is 0 Å². The number of methoxy groups -OCH3 is 1. The van der Waals surface area contributed by atoms with Crippen LogP contribution in [0.4, 0.5) is 4.79 Å². The van der Waals surface area contributed by atoms with Crippen molar-refractivity contribution in [3.8, 4) is 0 Å². The predicted molar refractivity (Wildman–Crippen MR) is 61.4 cm³/mol. The molecule has 2 saturated heterocycles. The van der Waals surface area contributed by atoms with E-state index in [0.29, 0.717) is 12.6 Å². The first-order chi connectivity index (χ1) is 7.83. The van der Waals surface area contributed by atoms with E-state index in [1.54, 1.807) is 7.11 Å². The quantitative estimate of drug-likeness (QED) is 0.742. The van der Waals surface area contributed by atoms with Crippen LogP contribution in [0.3, 0.4) is 0 Å². The molecule has 2 rings (SSSR count). The van der Waals surface area contributed by atoms with Crippen molar-refractivity contribution in [2.45, 2.75) is 18.9 Å². The van der Waals surface area contributed by atoms with Crippen molar-refractivity contribution in [2.75, 3.05) is 46.4 Å². The number of amides is 2. The summed E-state index contributed by atoms with van der Waals surface area (Å²) in [5.74, 6) is 0. The highest BCUT2D eigenvalue weighted by molar-refractivity contribution is 5.76. The van der Waals surface area contributed by atoms with Gasteiger partial charge in [-0.3, -0.25) is 0 Å². The van der Waals surface area contributed by atoms with E-state index in [1.165, 1.54) is 0 Å². The van der Waals surface area contributed by atoms with Crippen LogP contribution < -0.4 is 5.32 Å². The second-order valence-electron chi connectivity index (χ2n) is 4.44. The monoisotopic (exact) mass is 227 g/mol. The van der Waals surface area contributed by atoms with Gasteiger partial charge in [-0.15, -0.1) is 0 Å². The molecule has 0 aliphatic carbocycles. The van der Waals surface area contributed by atoms with Crippen LogP contribution in [-0.4, -0.2) is 68.3 Å². The fraction of sp³-hybridized carbons (Fsp3) is 0.909. The third kappa shape index (κ3) is 2.47. The van der Waals surface area contributed by atoms with Crippen molar-refractivity contribution in [2.24, 2.45) is 0 Å². The van der Waals surface area contributed by atoms with Crippen LogP contribution in [0, 0.1) is 0 Å². The molecule has 1 N–H and O–H groups in total. The Morgan fingerprint density at radius 3 is 2.81 bits per heavy atom. The zero-order valence-corrected chi connectivity index (χ0v) is 9.95. The Labute approximate surface area is 96.7 Å². The summed E-state index contributed by atoms with van der Waals surface area (Å²) in [5.41, 5.74) is 0. The number of nitrogens with zero attached hydrogens (tertiary/aromatic N) is 2. The number of rotatable bonds is 4. The summed E-state index contributed by atoms with van der Waals surface area (Å²) in [6.07, 6.45) is 2.17. The van der Waals surface area contributed by atoms with Gasteiger partial charge in [-0.05, 0) is 25.9 Å². The maximum Gasteiger partial charge on any atom is 0.320 e. The Morgan fingerprint density at radius 1 is 1.38 bits per heavy atom. The van der Waals surface area contributed by atoms with Gasteiger partial charge in [0.2, 0.25) is 0 Å². The normalized spacial score (nSPS) is 23.2. The number of carbonyl (C=O) groups is 1. The van der Waals surface area contributed by atoms with Crippen LogP contribution in [0.25, 0.3) is 0 Å². The summed E-state index contributed by atoms with van der Waals surface area (Å²) >= 11 is 0. The molecule has 92 valence electrons. The minimum atomic E-state index is 0.198. The molecule has 2 aliphatic rings. The number of hydrogen-bond acceptors (Lipinski definition) is 3. The fourth-order valence-corrected chi connectivity index (χ4v) is 2.47. The molecular formula is C11H21N3O2. The number of carbonyl (C=O) groups excluding carboxylic acids is 1. The Morgan fingerprint density at radius 2 is 2.12 bits per heavy atom. The lowest BCUT2D eigenvalue weighted by molar-refractivity contribution is 0.145. The lowest BCUT2D eigenvalue weighted by Crippen LogP contribution is -2.45. The first-order valence-corrected chi connectivity index (χ1v) is 6.08. The van der Waals surface area contributed by atoms with E-state index in [0.717, 1.165) is 45.6 Å². The number of hydrogen-bond donors (Lipinski definition) is 1. The molecule has 0 aromatic carbocycles. The molecule has 2 fully saturated rings. The maximum atomic E-state index is 12.1. The molecule has 0 bridgehead atoms. The van der Waals surface area contributed by atoms with Crippen molar-refractivity contribution >= 4 is 6.03 Å². The van der Waals surface area contributed by atoms with E-state index in [2.05, 4.69) is 5.32 Å². The van der Waals surface area contributed by atoms with E-state index in [9.17, 15) is 4.79 Å². The van der Waals surface area contributed by atoms with Gasteiger partial charge in [0.15, 0.2) is 0 Å². The van der Waals surface area contributed by atoms with Gasteiger partial charge in [0.05, 0.1) is 6.61 Å². The van der Waals surface area contributed by atoms with Crippen molar-refractivity contribution in [3.05, 3.63) is 0 Å². The molecular weight excluding hydrogens is 206 g/mol. The van der Waals surface area contributed by atoms with Crippen LogP contribution in [0.1, 0.15) is 12.8 Å². The van der Waals surface area contributed by atoms with E-state index in [4.69, 9.17) is 4.74 Å². The molecule has 0 spiro atoms. The third-order valence-corrected chi connectivity index (χ3v) is 3.44. The lowest BCUT2D eigenvalue weighted by Gasteiger charge is -2.31. The van der Waals surface area contributed by atoms with Crippen LogP contribution in [0.2, 0.25) is 0 Å². The molecule has 0 aromatic rings. The number of nitrogens with one attached hydrogen (secondary N) is 1. The largest absolute Gasteiger partial charge is 0.383 e. The van der Waals surface area contributed by atoms with Crippen LogP contribution in [-0.2, 0) is 4.74 Å². The van der Waals surface area contributed by atoms with Gasteiger partial charge in [-0.2, -0.15) is 0 Å². The zero-order valence-electron chi connectivity index (χ0n) is 9.95. The van der Waals surface area contributed by atoms with Crippen LogP contribution in [0.5, 0.6) is 0 Å². The van der Waals surface area contributed by atoms with Crippen LogP contribution in [0.15, 0.2) is 0 Å². The van der Waals surface area contributed by atoms with Gasteiger partial charge < -0.3 is 19.9 Å². The third-order valence-electron chi connectivity index (χ3n) is 3.44. The molecule has 0 aromatic heterocycles. The summed E-state index contributed by atoms with van der Waals surface area (Å²) in [7, 11) is 1.67. The maximum absolute atomic E-state index is 12.1. The molecule has 2 heterocycles. The summed E-state index contributed by atoms with van der Waals surface area (Å²) in [4.78, 5) is 16.0. The summed E-state index contributed by atoms with van der Waals surface area (Å²) < 4.78 is 5.01. The topological polar surface area (TPSA) is 44.8 Å². The SMILES string of the molecule is COCCN1CCN(C2CCNCC2)C1=O. The van der Waals surface area contributed by atoms with E-state index in [-0.39, 0.29) is 6.03 Å². The summed E-state index contributed by atoms with van der Waals surface area (Å²) in [6, 6.07) is 0.644. The summed E-state index contributed by atoms with van der Waals surface area (Å²) in [5, 5.41) is 3.33. The van der Waals surface area contributed by atoms with E-state index >= 15 is 0 Å². The number of piperidine rings is 1. The van der Waals surface area contributed by atoms with E-state index < -0.39 is 0 Å². The summed E-state index contributed by atoms with van der Waals surface area (Å²) in [6.45, 7) is 5.15. The average Bonchev–Trinajstić information content (AvgIpc) is 2.69. The lowest BCUT2D eigenvalue weighted by atomic mass is 10.1. The zero-order chi connectivity index (χ0) is 11.4. The molecule has 0 unspecified atom stereocenters. The van der Waals surface area contributed by atoms with Crippen molar-refractivity contribution in [1.82, 2.24) is 15.1 Å². The average molecular weight is 227 g/mol. The van der Waals surface area contributed by atoms with Gasteiger partial charge in [-0.25, -0.2) is 4.79 Å². The second kappa shape index (κ2) is 5.50. The molecule has 0 saturated carbocycles. The highest BCUT2D eigenvalue weighted by Gasteiger charge is 2.33. The Balaban J connectivity index is 1.85. The second-order valence-corrected chi connectivity index (χ2v) is 4.44. The molecule has 2 aliphatic heterocycles. The minimum Gasteiger partial charge on any atom is -0.383 e. The van der Waals surface area contributed by atoms with Crippen molar-refractivity contribution < 1.29 is 9.53 Å². The van der Waals surface area contributed by atoms with E-state index in [1.807, 2.05) is 9.80 Å². The molecule has 2 amide bonds. The first-order valence-electron chi connectivity index (χ1n) is 6.08. The highest BCUT2D eigenvalue weighted by Crippen LogP contribution is 2.18. The van der Waals surface area contributed by atoms with Crippen molar-refractivity contribution in [1.29, 1.82) is 0 Å². The minimum absolute atomic E-state index is 0.198. The van der Waals surface area contributed by atoms with Crippen LogP contribution >= 0.6 is 0 Å². The molecule has 16 heavy (non-hydrogen) atoms. The fourth-order valence-electron chi connectivity index (χ4n) is 2.47. The Bertz CT molecular complexity index is 241. The molecule has 0 atom stereocenters. The number of ether oxygens (including phenoxy) is 1. The predicted octanol–water partition coefficient (Wildman–Crippen LogP) is 0.122. The van der Waals surface area contributed by atoms with Crippen molar-refractivity contribution in [3.63, 3.8) is 0 Å². The molecule has 5 heteroatoms. The standard InChI is InChI=1S/C11H21N3O2/c1-16-9-8-13-6-7-14(11(13)15)10-2-4-12-5-3-10/h10,12H,2-9H2,1H3. The highest BCUT2D eigenvalue weighted by atomic mass is 16.5. The molecule has 0 radical (unpaired) electrons. The first kappa shape index (κ1) is 11.7. The van der Waals surface area contributed by atoms with Gasteiger partial charge in [0, 0.05) is 32.8 Å². The molecule has 5 nitrogen and oxygen atoms in total. The Kier molecular flexibility index (Phi) is 4.01. The number of urea groups is 1. The smallest absolute Gasteiger partial charge is 0.320 e. The Hall–Kier alpha value is -0.810. The van der Waals surface area contributed by atoms with Gasteiger partial charge in [0.1, 0.15) is 0 Å². The van der Waals surface area contributed by atoms with Gasteiger partial charge >= 0.3 is 6.03 Å². The van der Waals surface area contributed by atoms with Gasteiger partial charge in [-0.1, -0.05) is 0 Å².